The molecule has 1 aromatic rings. The van der Waals surface area contributed by atoms with Gasteiger partial charge in [0.05, 0.1) is 0 Å². The molecule has 0 saturated carbocycles. The van der Waals surface area contributed by atoms with E-state index >= 15 is 0 Å². The summed E-state index contributed by atoms with van der Waals surface area (Å²) in [6.45, 7) is 6.78. The monoisotopic (exact) mass is 282 g/mol. The van der Waals surface area contributed by atoms with Gasteiger partial charge in [-0.2, -0.15) is 0 Å². The molecule has 0 aromatic heterocycles. The van der Waals surface area contributed by atoms with Crippen molar-refractivity contribution in [1.82, 2.24) is 5.32 Å². The van der Waals surface area contributed by atoms with E-state index in [1.165, 1.54) is 12.1 Å². The molecule has 2 unspecified atom stereocenters. The fourth-order valence-electron chi connectivity index (χ4n) is 2.44. The summed E-state index contributed by atoms with van der Waals surface area (Å²) in [4.78, 5) is 2.52. The lowest BCUT2D eigenvalue weighted by Crippen LogP contribution is -2.41. The molecule has 2 rings (SSSR count). The Labute approximate surface area is 106 Å². The number of anilines is 1. The van der Waals surface area contributed by atoms with Gasteiger partial charge in [0.1, 0.15) is 0 Å². The lowest BCUT2D eigenvalue weighted by molar-refractivity contribution is 0.575. The molecule has 1 N–H and O–H groups in total. The second kappa shape index (κ2) is 5.19. The van der Waals surface area contributed by atoms with Crippen molar-refractivity contribution in [2.24, 2.45) is 0 Å². The van der Waals surface area contributed by atoms with Gasteiger partial charge in [-0.25, -0.2) is 0 Å². The van der Waals surface area contributed by atoms with Gasteiger partial charge in [-0.15, -0.1) is 0 Å². The number of nitrogens with one attached hydrogen (secondary N) is 1. The van der Waals surface area contributed by atoms with Crippen molar-refractivity contribution in [2.75, 3.05) is 18.0 Å². The summed E-state index contributed by atoms with van der Waals surface area (Å²) in [5.74, 6) is 0. The second-order valence-electron chi connectivity index (χ2n) is 4.58. The molecule has 1 aromatic carbocycles. The smallest absolute Gasteiger partial charge is 0.0389 e. The van der Waals surface area contributed by atoms with E-state index < -0.39 is 0 Å². The molecule has 1 fully saturated rings. The van der Waals surface area contributed by atoms with Crippen LogP contribution < -0.4 is 10.2 Å². The molecule has 88 valence electrons. The van der Waals surface area contributed by atoms with Crippen LogP contribution in [0.25, 0.3) is 0 Å². The number of benzene rings is 1. The Hall–Kier alpha value is -0.540. The van der Waals surface area contributed by atoms with Gasteiger partial charge >= 0.3 is 0 Å². The minimum Gasteiger partial charge on any atom is -0.365 e. The molecule has 2 nitrogen and oxygen atoms in total. The van der Waals surface area contributed by atoms with Crippen LogP contribution in [0.15, 0.2) is 28.7 Å². The van der Waals surface area contributed by atoms with Crippen LogP contribution >= 0.6 is 15.9 Å². The molecule has 0 amide bonds. The second-order valence-corrected chi connectivity index (χ2v) is 5.49. The normalized spacial score (nSPS) is 26.6. The van der Waals surface area contributed by atoms with E-state index in [2.05, 4.69) is 64.3 Å². The number of hydrogen-bond acceptors (Lipinski definition) is 2. The van der Waals surface area contributed by atoms with Crippen LogP contribution in [0.5, 0.6) is 0 Å². The van der Waals surface area contributed by atoms with Crippen molar-refractivity contribution in [3.63, 3.8) is 0 Å². The van der Waals surface area contributed by atoms with Gasteiger partial charge in [0.2, 0.25) is 0 Å². The zero-order valence-corrected chi connectivity index (χ0v) is 11.5. The van der Waals surface area contributed by atoms with Gasteiger partial charge in [0, 0.05) is 28.8 Å². The first-order valence-electron chi connectivity index (χ1n) is 5.93. The Morgan fingerprint density at radius 1 is 1.31 bits per heavy atom. The van der Waals surface area contributed by atoms with E-state index in [1.54, 1.807) is 0 Å². The first-order chi connectivity index (χ1) is 7.68. The molecule has 1 aliphatic rings. The van der Waals surface area contributed by atoms with E-state index in [0.29, 0.717) is 12.1 Å². The molecule has 1 heterocycles. The van der Waals surface area contributed by atoms with Crippen LogP contribution in [0.4, 0.5) is 5.69 Å². The van der Waals surface area contributed by atoms with E-state index in [4.69, 9.17) is 0 Å². The highest BCUT2D eigenvalue weighted by Crippen LogP contribution is 2.25. The Kier molecular flexibility index (Phi) is 3.87. The summed E-state index contributed by atoms with van der Waals surface area (Å²) in [6, 6.07) is 9.74. The third kappa shape index (κ3) is 2.58. The summed E-state index contributed by atoms with van der Waals surface area (Å²) < 4.78 is 1.15. The summed E-state index contributed by atoms with van der Waals surface area (Å²) in [6.07, 6.45) is 1.21. The lowest BCUT2D eigenvalue weighted by atomic mass is 10.1. The fraction of sp³-hybridized carbons (Fsp3) is 0.538. The van der Waals surface area contributed by atoms with E-state index in [9.17, 15) is 0 Å². The van der Waals surface area contributed by atoms with Crippen LogP contribution in [0.1, 0.15) is 20.3 Å². The van der Waals surface area contributed by atoms with Crippen LogP contribution in [0.2, 0.25) is 0 Å². The zero-order valence-electron chi connectivity index (χ0n) is 9.91. The largest absolute Gasteiger partial charge is 0.365 e. The van der Waals surface area contributed by atoms with Crippen molar-refractivity contribution in [2.45, 2.75) is 32.4 Å². The Bertz CT molecular complexity index is 342. The molecule has 0 radical (unpaired) electrons. The highest BCUT2D eigenvalue weighted by Gasteiger charge is 2.22. The van der Waals surface area contributed by atoms with Crippen molar-refractivity contribution in [3.8, 4) is 0 Å². The summed E-state index contributed by atoms with van der Waals surface area (Å²) in [5.41, 5.74) is 1.32. The zero-order chi connectivity index (χ0) is 11.5. The first kappa shape index (κ1) is 11.9. The number of halogens is 1. The molecule has 16 heavy (non-hydrogen) atoms. The van der Waals surface area contributed by atoms with Gasteiger partial charge in [0.15, 0.2) is 0 Å². The maximum atomic E-state index is 3.55. The summed E-state index contributed by atoms with van der Waals surface area (Å²) in [7, 11) is 0. The van der Waals surface area contributed by atoms with Crippen molar-refractivity contribution < 1.29 is 0 Å². The number of rotatable bonds is 1. The SMILES string of the molecule is CC1CCNCC(C)N1c1cccc(Br)c1. The Morgan fingerprint density at radius 3 is 2.88 bits per heavy atom. The van der Waals surface area contributed by atoms with Crippen molar-refractivity contribution in [3.05, 3.63) is 28.7 Å². The quantitative estimate of drug-likeness (QED) is 0.852. The molecule has 1 aliphatic heterocycles. The molecular formula is C13H19BrN2. The number of hydrogen-bond donors (Lipinski definition) is 1. The van der Waals surface area contributed by atoms with Gasteiger partial charge in [-0.05, 0) is 45.0 Å². The van der Waals surface area contributed by atoms with E-state index in [-0.39, 0.29) is 0 Å². The Morgan fingerprint density at radius 2 is 2.12 bits per heavy atom. The lowest BCUT2D eigenvalue weighted by Gasteiger charge is -2.34. The molecule has 0 aliphatic carbocycles. The maximum absolute atomic E-state index is 3.55. The highest BCUT2D eigenvalue weighted by molar-refractivity contribution is 9.10. The van der Waals surface area contributed by atoms with Crippen LogP contribution in [0, 0.1) is 0 Å². The highest BCUT2D eigenvalue weighted by atomic mass is 79.9. The summed E-state index contributed by atoms with van der Waals surface area (Å²) in [5, 5.41) is 3.49. The average Bonchev–Trinajstić information content (AvgIpc) is 2.40. The Balaban J connectivity index is 2.28. The van der Waals surface area contributed by atoms with Crippen molar-refractivity contribution >= 4 is 21.6 Å². The molecular weight excluding hydrogens is 264 g/mol. The molecule has 0 bridgehead atoms. The molecule has 2 atom stereocenters. The van der Waals surface area contributed by atoms with E-state index in [1.807, 2.05) is 0 Å². The van der Waals surface area contributed by atoms with Crippen LogP contribution in [0.3, 0.4) is 0 Å². The van der Waals surface area contributed by atoms with Gasteiger partial charge in [-0.1, -0.05) is 22.0 Å². The average molecular weight is 283 g/mol. The van der Waals surface area contributed by atoms with Crippen LogP contribution in [-0.4, -0.2) is 25.2 Å². The van der Waals surface area contributed by atoms with Crippen LogP contribution in [-0.2, 0) is 0 Å². The van der Waals surface area contributed by atoms with E-state index in [0.717, 1.165) is 17.6 Å². The van der Waals surface area contributed by atoms with Gasteiger partial charge in [0.25, 0.3) is 0 Å². The standard InChI is InChI=1S/C13H19BrN2/c1-10-6-7-15-9-11(2)16(10)13-5-3-4-12(14)8-13/h3-5,8,10-11,15H,6-7,9H2,1-2H3. The summed E-state index contributed by atoms with van der Waals surface area (Å²) >= 11 is 3.55. The third-order valence-electron chi connectivity index (χ3n) is 3.23. The van der Waals surface area contributed by atoms with Crippen molar-refractivity contribution in [1.29, 1.82) is 0 Å². The molecule has 1 saturated heterocycles. The molecule has 3 heteroatoms. The van der Waals surface area contributed by atoms with Gasteiger partial charge < -0.3 is 10.2 Å². The molecule has 0 spiro atoms. The third-order valence-corrected chi connectivity index (χ3v) is 3.73. The fourth-order valence-corrected chi connectivity index (χ4v) is 2.83. The van der Waals surface area contributed by atoms with Gasteiger partial charge in [-0.3, -0.25) is 0 Å². The topological polar surface area (TPSA) is 15.3 Å². The minimum atomic E-state index is 0.548. The number of nitrogens with zero attached hydrogens (tertiary/aromatic N) is 1. The predicted octanol–water partition coefficient (Wildman–Crippen LogP) is 3.03. The first-order valence-corrected chi connectivity index (χ1v) is 6.72. The minimum absolute atomic E-state index is 0.548. The maximum Gasteiger partial charge on any atom is 0.0389 e. The predicted molar refractivity (Wildman–Crippen MR) is 73.0 cm³/mol.